The monoisotopic (exact) mass is 226 g/mol. The quantitative estimate of drug-likeness (QED) is 0.740. The van der Waals surface area contributed by atoms with Crippen molar-refractivity contribution in [3.05, 3.63) is 0 Å². The molecule has 0 bridgehead atoms. The van der Waals surface area contributed by atoms with Crippen molar-refractivity contribution >= 4 is 0 Å². The molecule has 1 aliphatic heterocycles. The van der Waals surface area contributed by atoms with Crippen LogP contribution in [0.2, 0.25) is 0 Å². The molecule has 0 amide bonds. The van der Waals surface area contributed by atoms with E-state index in [1.54, 1.807) is 0 Å². The predicted octanol–water partition coefficient (Wildman–Crippen LogP) is 1.63. The molecule has 3 heteroatoms. The molecular formula is C13H26N2O. The van der Waals surface area contributed by atoms with E-state index in [0.29, 0.717) is 0 Å². The van der Waals surface area contributed by atoms with E-state index in [0.717, 1.165) is 19.6 Å². The molecule has 1 saturated carbocycles. The number of hydrogen-bond donors (Lipinski definition) is 1. The molecule has 2 aliphatic rings. The number of nitrogens with zero attached hydrogens (tertiary/aromatic N) is 1. The van der Waals surface area contributed by atoms with E-state index in [-0.39, 0.29) is 5.60 Å². The maximum atomic E-state index is 5.90. The number of nitrogens with one attached hydrogen (secondary N) is 1. The summed E-state index contributed by atoms with van der Waals surface area (Å²) < 4.78 is 5.90. The van der Waals surface area contributed by atoms with Crippen LogP contribution in [-0.2, 0) is 4.74 Å². The number of ether oxygens (including phenoxy) is 1. The molecule has 0 aromatic rings. The number of methoxy groups -OCH3 is 1. The Morgan fingerprint density at radius 1 is 1.06 bits per heavy atom. The van der Waals surface area contributed by atoms with Crippen LogP contribution in [0.1, 0.15) is 38.5 Å². The average Bonchev–Trinajstić information content (AvgIpc) is 2.57. The molecular weight excluding hydrogens is 200 g/mol. The molecule has 2 fully saturated rings. The molecule has 0 atom stereocenters. The summed E-state index contributed by atoms with van der Waals surface area (Å²) in [5.41, 5.74) is 0.161. The highest BCUT2D eigenvalue weighted by Gasteiger charge is 2.32. The second kappa shape index (κ2) is 5.99. The lowest BCUT2D eigenvalue weighted by Crippen LogP contribution is -2.51. The van der Waals surface area contributed by atoms with Crippen LogP contribution in [0.3, 0.4) is 0 Å². The van der Waals surface area contributed by atoms with Gasteiger partial charge in [0.1, 0.15) is 0 Å². The van der Waals surface area contributed by atoms with E-state index in [4.69, 9.17) is 4.74 Å². The number of hydrogen-bond acceptors (Lipinski definition) is 3. The molecule has 1 heterocycles. The molecule has 0 aromatic heterocycles. The van der Waals surface area contributed by atoms with Gasteiger partial charge >= 0.3 is 0 Å². The summed E-state index contributed by atoms with van der Waals surface area (Å²) in [5, 5.41) is 3.41. The summed E-state index contributed by atoms with van der Waals surface area (Å²) in [5.74, 6) is 0. The molecule has 1 saturated heterocycles. The van der Waals surface area contributed by atoms with E-state index >= 15 is 0 Å². The fraction of sp³-hybridized carbons (Fsp3) is 1.00. The Balaban J connectivity index is 1.90. The Morgan fingerprint density at radius 3 is 2.25 bits per heavy atom. The summed E-state index contributed by atoms with van der Waals surface area (Å²) in [6.07, 6.45) is 8.00. The molecule has 0 spiro atoms. The van der Waals surface area contributed by atoms with Gasteiger partial charge in [-0.3, -0.25) is 4.90 Å². The smallest absolute Gasteiger partial charge is 0.0805 e. The van der Waals surface area contributed by atoms with E-state index in [9.17, 15) is 0 Å². The second-order valence-electron chi connectivity index (χ2n) is 5.33. The third-order valence-electron chi connectivity index (χ3n) is 4.17. The van der Waals surface area contributed by atoms with E-state index < -0.39 is 0 Å². The lowest BCUT2D eigenvalue weighted by molar-refractivity contribution is -0.0493. The minimum Gasteiger partial charge on any atom is -0.377 e. The first-order chi connectivity index (χ1) is 7.85. The third kappa shape index (κ3) is 3.19. The van der Waals surface area contributed by atoms with Crippen molar-refractivity contribution in [2.75, 3.05) is 39.8 Å². The average molecular weight is 226 g/mol. The highest BCUT2D eigenvalue weighted by molar-refractivity contribution is 4.87. The molecule has 1 N–H and O–H groups in total. The Hall–Kier alpha value is -0.120. The fourth-order valence-corrected chi connectivity index (χ4v) is 3.08. The molecule has 0 aromatic carbocycles. The summed E-state index contributed by atoms with van der Waals surface area (Å²) in [4.78, 5) is 2.57. The van der Waals surface area contributed by atoms with Gasteiger partial charge in [-0.2, -0.15) is 0 Å². The van der Waals surface area contributed by atoms with Gasteiger partial charge in [-0.05, 0) is 12.8 Å². The zero-order valence-electron chi connectivity index (χ0n) is 10.6. The minimum absolute atomic E-state index is 0.161. The molecule has 0 radical (unpaired) electrons. The van der Waals surface area contributed by atoms with Crippen LogP contribution in [0.25, 0.3) is 0 Å². The van der Waals surface area contributed by atoms with Crippen molar-refractivity contribution in [2.24, 2.45) is 0 Å². The minimum atomic E-state index is 0.161. The van der Waals surface area contributed by atoms with Crippen LogP contribution in [0.5, 0.6) is 0 Å². The van der Waals surface area contributed by atoms with Gasteiger partial charge in [-0.15, -0.1) is 0 Å². The van der Waals surface area contributed by atoms with Crippen molar-refractivity contribution in [3.63, 3.8) is 0 Å². The van der Waals surface area contributed by atoms with Crippen LogP contribution >= 0.6 is 0 Å². The van der Waals surface area contributed by atoms with Crippen molar-refractivity contribution in [2.45, 2.75) is 44.1 Å². The van der Waals surface area contributed by atoms with Gasteiger partial charge in [0.15, 0.2) is 0 Å². The summed E-state index contributed by atoms with van der Waals surface area (Å²) >= 11 is 0. The number of rotatable bonds is 3. The first kappa shape index (κ1) is 12.3. The molecule has 0 unspecified atom stereocenters. The lowest BCUT2D eigenvalue weighted by atomic mass is 9.93. The van der Waals surface area contributed by atoms with Crippen molar-refractivity contribution in [1.29, 1.82) is 0 Å². The molecule has 3 nitrogen and oxygen atoms in total. The predicted molar refractivity (Wildman–Crippen MR) is 66.8 cm³/mol. The van der Waals surface area contributed by atoms with Gasteiger partial charge in [0, 0.05) is 39.8 Å². The lowest BCUT2D eigenvalue weighted by Gasteiger charge is -2.38. The molecule has 2 rings (SSSR count). The fourth-order valence-electron chi connectivity index (χ4n) is 3.08. The van der Waals surface area contributed by atoms with Gasteiger partial charge in [0.2, 0.25) is 0 Å². The first-order valence-electron chi connectivity index (χ1n) is 6.83. The van der Waals surface area contributed by atoms with Gasteiger partial charge in [0.05, 0.1) is 5.60 Å². The maximum absolute atomic E-state index is 5.90. The molecule has 94 valence electrons. The van der Waals surface area contributed by atoms with Crippen LogP contribution in [-0.4, -0.2) is 50.3 Å². The largest absolute Gasteiger partial charge is 0.377 e. The van der Waals surface area contributed by atoms with Crippen LogP contribution in [0.4, 0.5) is 0 Å². The van der Waals surface area contributed by atoms with Crippen molar-refractivity contribution in [3.8, 4) is 0 Å². The highest BCUT2D eigenvalue weighted by atomic mass is 16.5. The van der Waals surface area contributed by atoms with Gasteiger partial charge in [0.25, 0.3) is 0 Å². The number of piperazine rings is 1. The van der Waals surface area contributed by atoms with Crippen molar-refractivity contribution < 1.29 is 4.74 Å². The Bertz CT molecular complexity index is 194. The van der Waals surface area contributed by atoms with E-state index in [1.807, 2.05) is 7.11 Å². The molecule has 1 aliphatic carbocycles. The third-order valence-corrected chi connectivity index (χ3v) is 4.17. The van der Waals surface area contributed by atoms with Crippen LogP contribution in [0, 0.1) is 0 Å². The van der Waals surface area contributed by atoms with Crippen LogP contribution in [0.15, 0.2) is 0 Å². The Kier molecular flexibility index (Phi) is 4.62. The maximum Gasteiger partial charge on any atom is 0.0805 e. The van der Waals surface area contributed by atoms with E-state index in [1.165, 1.54) is 51.6 Å². The highest BCUT2D eigenvalue weighted by Crippen LogP contribution is 2.30. The van der Waals surface area contributed by atoms with Gasteiger partial charge in [-0.25, -0.2) is 0 Å². The Labute approximate surface area is 99.5 Å². The Morgan fingerprint density at radius 2 is 1.69 bits per heavy atom. The van der Waals surface area contributed by atoms with E-state index in [2.05, 4.69) is 10.2 Å². The standard InChI is InChI=1S/C13H26N2O/c1-16-13(6-4-2-3-5-7-13)12-15-10-8-14-9-11-15/h14H,2-12H2,1H3. The first-order valence-corrected chi connectivity index (χ1v) is 6.83. The topological polar surface area (TPSA) is 24.5 Å². The van der Waals surface area contributed by atoms with Crippen molar-refractivity contribution in [1.82, 2.24) is 10.2 Å². The van der Waals surface area contributed by atoms with Gasteiger partial charge < -0.3 is 10.1 Å². The zero-order chi connectivity index (χ0) is 11.3. The molecule has 16 heavy (non-hydrogen) atoms. The zero-order valence-corrected chi connectivity index (χ0v) is 10.6. The SMILES string of the molecule is COC1(CN2CCNCC2)CCCCCC1. The van der Waals surface area contributed by atoms with Crippen LogP contribution < -0.4 is 5.32 Å². The normalized spacial score (nSPS) is 27.6. The summed E-state index contributed by atoms with van der Waals surface area (Å²) in [6.45, 7) is 5.79. The summed E-state index contributed by atoms with van der Waals surface area (Å²) in [7, 11) is 1.91. The van der Waals surface area contributed by atoms with Gasteiger partial charge in [-0.1, -0.05) is 25.7 Å². The summed E-state index contributed by atoms with van der Waals surface area (Å²) in [6, 6.07) is 0. The second-order valence-corrected chi connectivity index (χ2v) is 5.33.